The fraction of sp³-hybridized carbons (Fsp3) is 0.533. The third-order valence-corrected chi connectivity index (χ3v) is 3.47. The van der Waals surface area contributed by atoms with Crippen molar-refractivity contribution in [3.63, 3.8) is 0 Å². The maximum Gasteiger partial charge on any atom is 0.138 e. The first-order valence-electron chi connectivity index (χ1n) is 6.41. The number of ether oxygens (including phenoxy) is 1. The van der Waals surface area contributed by atoms with Crippen LogP contribution in [-0.4, -0.2) is 11.9 Å². The van der Waals surface area contributed by atoms with E-state index in [0.717, 1.165) is 17.1 Å². The predicted octanol–water partition coefficient (Wildman–Crippen LogP) is 4.48. The summed E-state index contributed by atoms with van der Waals surface area (Å²) < 4.78 is 5.90. The van der Waals surface area contributed by atoms with Crippen LogP contribution >= 0.6 is 11.8 Å². The van der Waals surface area contributed by atoms with Crippen LogP contribution in [0.2, 0.25) is 0 Å². The van der Waals surface area contributed by atoms with E-state index in [9.17, 15) is 5.26 Å². The van der Waals surface area contributed by atoms with Crippen molar-refractivity contribution in [1.82, 2.24) is 0 Å². The van der Waals surface area contributed by atoms with Crippen LogP contribution in [0.15, 0.2) is 23.1 Å². The monoisotopic (exact) mass is 263 g/mol. The molecule has 1 unspecified atom stereocenters. The highest BCUT2D eigenvalue weighted by Gasteiger charge is 2.13. The molecular weight excluding hydrogens is 242 g/mol. The zero-order valence-electron chi connectivity index (χ0n) is 11.6. The number of hydrogen-bond acceptors (Lipinski definition) is 3. The highest BCUT2D eigenvalue weighted by Crippen LogP contribution is 2.30. The van der Waals surface area contributed by atoms with Gasteiger partial charge in [0.1, 0.15) is 17.4 Å². The Bertz CT molecular complexity index is 423. The molecule has 0 N–H and O–H groups in total. The molecule has 98 valence electrons. The third-order valence-electron chi connectivity index (χ3n) is 2.53. The quantitative estimate of drug-likeness (QED) is 0.709. The summed E-state index contributed by atoms with van der Waals surface area (Å²) >= 11 is 1.68. The van der Waals surface area contributed by atoms with Gasteiger partial charge in [-0.15, -0.1) is 11.8 Å². The molecule has 0 aliphatic rings. The van der Waals surface area contributed by atoms with Gasteiger partial charge in [-0.1, -0.05) is 26.8 Å². The largest absolute Gasteiger partial charge is 0.489 e. The average molecular weight is 263 g/mol. The van der Waals surface area contributed by atoms with Crippen molar-refractivity contribution in [2.24, 2.45) is 5.92 Å². The van der Waals surface area contributed by atoms with E-state index < -0.39 is 0 Å². The summed E-state index contributed by atoms with van der Waals surface area (Å²) in [6.07, 6.45) is 1.13. The zero-order chi connectivity index (χ0) is 13.5. The van der Waals surface area contributed by atoms with Gasteiger partial charge in [-0.2, -0.15) is 5.26 Å². The summed E-state index contributed by atoms with van der Waals surface area (Å²) in [7, 11) is 0. The number of benzene rings is 1. The highest BCUT2D eigenvalue weighted by atomic mass is 32.2. The van der Waals surface area contributed by atoms with Crippen LogP contribution in [0, 0.1) is 17.2 Å². The number of hydrogen-bond donors (Lipinski definition) is 0. The van der Waals surface area contributed by atoms with Crippen molar-refractivity contribution in [2.45, 2.75) is 45.1 Å². The van der Waals surface area contributed by atoms with Gasteiger partial charge in [0.15, 0.2) is 0 Å². The van der Waals surface area contributed by atoms with Gasteiger partial charge in [-0.3, -0.25) is 0 Å². The second-order valence-corrected chi connectivity index (χ2v) is 6.04. The second-order valence-electron chi connectivity index (χ2n) is 4.73. The van der Waals surface area contributed by atoms with E-state index in [4.69, 9.17) is 4.74 Å². The van der Waals surface area contributed by atoms with Crippen LogP contribution in [0.3, 0.4) is 0 Å². The van der Waals surface area contributed by atoms with Gasteiger partial charge < -0.3 is 4.74 Å². The Kier molecular flexibility index (Phi) is 6.07. The molecule has 18 heavy (non-hydrogen) atoms. The Morgan fingerprint density at radius 2 is 2.06 bits per heavy atom. The van der Waals surface area contributed by atoms with E-state index in [1.807, 2.05) is 18.2 Å². The van der Waals surface area contributed by atoms with Crippen LogP contribution in [0.4, 0.5) is 0 Å². The fourth-order valence-electron chi connectivity index (χ4n) is 1.92. The molecule has 0 saturated carbocycles. The van der Waals surface area contributed by atoms with Gasteiger partial charge in [-0.05, 0) is 37.1 Å². The third kappa shape index (κ3) is 4.27. The lowest BCUT2D eigenvalue weighted by Gasteiger charge is -2.18. The van der Waals surface area contributed by atoms with E-state index >= 15 is 0 Å². The lowest BCUT2D eigenvalue weighted by atomic mass is 10.1. The van der Waals surface area contributed by atoms with E-state index in [1.165, 1.54) is 0 Å². The van der Waals surface area contributed by atoms with Crippen LogP contribution < -0.4 is 4.74 Å². The first kappa shape index (κ1) is 14.9. The van der Waals surface area contributed by atoms with Crippen molar-refractivity contribution in [3.8, 4) is 11.8 Å². The van der Waals surface area contributed by atoms with Crippen LogP contribution in [0.25, 0.3) is 0 Å². The molecule has 1 aromatic carbocycles. The molecular formula is C15H21NOS. The lowest BCUT2D eigenvalue weighted by molar-refractivity contribution is 0.192. The van der Waals surface area contributed by atoms with E-state index in [2.05, 4.69) is 33.8 Å². The first-order chi connectivity index (χ1) is 8.58. The maximum absolute atomic E-state index is 9.28. The molecule has 1 aromatic rings. The number of nitriles is 1. The molecule has 1 atom stereocenters. The summed E-state index contributed by atoms with van der Waals surface area (Å²) in [5.74, 6) is 2.27. The Morgan fingerprint density at radius 1 is 1.33 bits per heavy atom. The van der Waals surface area contributed by atoms with Crippen molar-refractivity contribution in [3.05, 3.63) is 23.8 Å². The first-order valence-corrected chi connectivity index (χ1v) is 7.39. The molecule has 0 radical (unpaired) electrons. The smallest absolute Gasteiger partial charge is 0.138 e. The van der Waals surface area contributed by atoms with Crippen LogP contribution in [-0.2, 0) is 0 Å². The molecule has 0 amide bonds. The van der Waals surface area contributed by atoms with Crippen molar-refractivity contribution in [1.29, 1.82) is 5.26 Å². The van der Waals surface area contributed by atoms with Gasteiger partial charge in [0, 0.05) is 4.90 Å². The summed E-state index contributed by atoms with van der Waals surface area (Å²) in [6.45, 7) is 8.49. The molecule has 2 nitrogen and oxygen atoms in total. The summed E-state index contributed by atoms with van der Waals surface area (Å²) in [6, 6.07) is 8.08. The maximum atomic E-state index is 9.28. The average Bonchev–Trinajstić information content (AvgIpc) is 2.28. The molecule has 0 bridgehead atoms. The minimum Gasteiger partial charge on any atom is -0.489 e. The molecule has 0 aliphatic carbocycles. The summed E-state index contributed by atoms with van der Waals surface area (Å²) in [4.78, 5) is 1.01. The Morgan fingerprint density at radius 3 is 2.61 bits per heavy atom. The van der Waals surface area contributed by atoms with E-state index in [-0.39, 0.29) is 6.10 Å². The van der Waals surface area contributed by atoms with Gasteiger partial charge in [0.05, 0.1) is 6.10 Å². The molecule has 0 heterocycles. The van der Waals surface area contributed by atoms with Crippen LogP contribution in [0.1, 0.15) is 39.7 Å². The lowest BCUT2D eigenvalue weighted by Crippen LogP contribution is -2.15. The molecule has 3 heteroatoms. The number of nitrogens with zero attached hydrogens (tertiary/aromatic N) is 1. The normalized spacial score (nSPS) is 12.2. The standard InChI is InChI=1S/C15H21NOS/c1-5-18-15-8-6-7-14(13(15)10-16)17-12(4)9-11(2)3/h6-8,11-12H,5,9H2,1-4H3. The topological polar surface area (TPSA) is 33.0 Å². The number of rotatable bonds is 6. The fourth-order valence-corrected chi connectivity index (χ4v) is 2.70. The van der Waals surface area contributed by atoms with Gasteiger partial charge in [0.25, 0.3) is 0 Å². The minimum absolute atomic E-state index is 0.138. The molecule has 0 aromatic heterocycles. The van der Waals surface area contributed by atoms with Gasteiger partial charge in [0.2, 0.25) is 0 Å². The molecule has 0 fully saturated rings. The van der Waals surface area contributed by atoms with E-state index in [1.54, 1.807) is 11.8 Å². The Labute approximate surface area is 114 Å². The SMILES string of the molecule is CCSc1cccc(OC(C)CC(C)C)c1C#N. The summed E-state index contributed by atoms with van der Waals surface area (Å²) in [5.41, 5.74) is 0.667. The van der Waals surface area contributed by atoms with Gasteiger partial charge in [-0.25, -0.2) is 0 Å². The van der Waals surface area contributed by atoms with E-state index in [0.29, 0.717) is 17.2 Å². The molecule has 1 rings (SSSR count). The number of thioether (sulfide) groups is 1. The predicted molar refractivity (Wildman–Crippen MR) is 77.1 cm³/mol. The molecule has 0 aliphatic heterocycles. The Hall–Kier alpha value is -1.14. The van der Waals surface area contributed by atoms with Crippen molar-refractivity contribution >= 4 is 11.8 Å². The van der Waals surface area contributed by atoms with Crippen molar-refractivity contribution in [2.75, 3.05) is 5.75 Å². The van der Waals surface area contributed by atoms with Crippen LogP contribution in [0.5, 0.6) is 5.75 Å². The molecule has 0 saturated heterocycles. The van der Waals surface area contributed by atoms with Gasteiger partial charge >= 0.3 is 0 Å². The Balaban J connectivity index is 2.88. The van der Waals surface area contributed by atoms with Crippen molar-refractivity contribution < 1.29 is 4.74 Å². The zero-order valence-corrected chi connectivity index (χ0v) is 12.4. The minimum atomic E-state index is 0.138. The molecule has 0 spiro atoms. The summed E-state index contributed by atoms with van der Waals surface area (Å²) in [5, 5.41) is 9.28. The highest BCUT2D eigenvalue weighted by molar-refractivity contribution is 7.99. The second kappa shape index (κ2) is 7.33.